The lowest BCUT2D eigenvalue weighted by Crippen LogP contribution is -2.07. The number of aromatic nitrogens is 1. The number of aliphatic hydroxyl groups is 1. The Labute approximate surface area is 85.3 Å². The number of hydrogen-bond acceptors (Lipinski definition) is 2. The summed E-state index contributed by atoms with van der Waals surface area (Å²) in [4.78, 5) is 0. The smallest absolute Gasteiger partial charge is 0.0697 e. The standard InChI is InChI=1S/C11H19NO2/c1-10-4-5-11(2)12(10)6-3-8-14-9-7-13/h4-5,13H,3,6-9H2,1-2H3. The van der Waals surface area contributed by atoms with Crippen LogP contribution < -0.4 is 0 Å². The molecule has 0 fully saturated rings. The molecule has 3 heteroatoms. The molecule has 0 saturated carbocycles. The Morgan fingerprint density at radius 2 is 1.86 bits per heavy atom. The van der Waals surface area contributed by atoms with Gasteiger partial charge in [-0.05, 0) is 32.4 Å². The predicted octanol–water partition coefficient (Wildman–Crippen LogP) is 1.50. The van der Waals surface area contributed by atoms with E-state index in [4.69, 9.17) is 9.84 Å². The summed E-state index contributed by atoms with van der Waals surface area (Å²) in [5.41, 5.74) is 2.59. The molecule has 14 heavy (non-hydrogen) atoms. The van der Waals surface area contributed by atoms with Crippen LogP contribution in [0.4, 0.5) is 0 Å². The molecule has 1 aromatic heterocycles. The Morgan fingerprint density at radius 3 is 2.43 bits per heavy atom. The van der Waals surface area contributed by atoms with Crippen molar-refractivity contribution in [2.75, 3.05) is 19.8 Å². The summed E-state index contributed by atoms with van der Waals surface area (Å²) in [7, 11) is 0. The van der Waals surface area contributed by atoms with E-state index < -0.39 is 0 Å². The van der Waals surface area contributed by atoms with E-state index >= 15 is 0 Å². The summed E-state index contributed by atoms with van der Waals surface area (Å²) in [6.07, 6.45) is 0.996. The number of hydrogen-bond donors (Lipinski definition) is 1. The fourth-order valence-corrected chi connectivity index (χ4v) is 1.54. The third-order valence-corrected chi connectivity index (χ3v) is 2.32. The van der Waals surface area contributed by atoms with E-state index in [0.29, 0.717) is 6.61 Å². The van der Waals surface area contributed by atoms with Gasteiger partial charge in [0, 0.05) is 24.5 Å². The lowest BCUT2D eigenvalue weighted by Gasteiger charge is -2.08. The van der Waals surface area contributed by atoms with Crippen LogP contribution in [0.2, 0.25) is 0 Å². The van der Waals surface area contributed by atoms with Crippen molar-refractivity contribution < 1.29 is 9.84 Å². The molecular weight excluding hydrogens is 178 g/mol. The highest BCUT2D eigenvalue weighted by molar-refractivity contribution is 5.13. The predicted molar refractivity (Wildman–Crippen MR) is 56.4 cm³/mol. The van der Waals surface area contributed by atoms with Gasteiger partial charge in [0.15, 0.2) is 0 Å². The van der Waals surface area contributed by atoms with Crippen LogP contribution in [-0.4, -0.2) is 29.5 Å². The summed E-state index contributed by atoms with van der Waals surface area (Å²) in [6.45, 7) is 6.50. The van der Waals surface area contributed by atoms with Gasteiger partial charge in [0.2, 0.25) is 0 Å². The number of aryl methyl sites for hydroxylation is 2. The fraction of sp³-hybridized carbons (Fsp3) is 0.636. The molecule has 1 aromatic rings. The monoisotopic (exact) mass is 197 g/mol. The molecule has 0 atom stereocenters. The van der Waals surface area contributed by atoms with Gasteiger partial charge in [0.1, 0.15) is 0 Å². The van der Waals surface area contributed by atoms with E-state index in [1.165, 1.54) is 11.4 Å². The Balaban J connectivity index is 2.24. The first kappa shape index (κ1) is 11.3. The third kappa shape index (κ3) is 3.16. The van der Waals surface area contributed by atoms with Crippen molar-refractivity contribution in [3.63, 3.8) is 0 Å². The van der Waals surface area contributed by atoms with E-state index in [1.807, 2.05) is 0 Å². The van der Waals surface area contributed by atoms with E-state index in [9.17, 15) is 0 Å². The molecule has 0 aliphatic heterocycles. The molecule has 0 aliphatic rings. The summed E-state index contributed by atoms with van der Waals surface area (Å²) >= 11 is 0. The number of rotatable bonds is 6. The van der Waals surface area contributed by atoms with Crippen molar-refractivity contribution in [3.8, 4) is 0 Å². The van der Waals surface area contributed by atoms with Crippen LogP contribution in [0.15, 0.2) is 12.1 Å². The Hall–Kier alpha value is -0.800. The molecule has 0 radical (unpaired) electrons. The highest BCUT2D eigenvalue weighted by Gasteiger charge is 1.99. The largest absolute Gasteiger partial charge is 0.394 e. The van der Waals surface area contributed by atoms with Crippen LogP contribution in [0, 0.1) is 13.8 Å². The van der Waals surface area contributed by atoms with Gasteiger partial charge in [-0.15, -0.1) is 0 Å². The second-order valence-corrected chi connectivity index (χ2v) is 3.46. The van der Waals surface area contributed by atoms with Gasteiger partial charge in [0.25, 0.3) is 0 Å². The van der Waals surface area contributed by atoms with E-state index in [1.54, 1.807) is 0 Å². The molecule has 0 aliphatic carbocycles. The summed E-state index contributed by atoms with van der Waals surface area (Å²) in [5, 5.41) is 8.51. The molecule has 3 nitrogen and oxygen atoms in total. The normalized spacial score (nSPS) is 10.8. The summed E-state index contributed by atoms with van der Waals surface area (Å²) < 4.78 is 7.48. The first-order valence-electron chi connectivity index (χ1n) is 5.07. The van der Waals surface area contributed by atoms with Crippen LogP contribution in [0.25, 0.3) is 0 Å². The van der Waals surface area contributed by atoms with Crippen LogP contribution in [0.3, 0.4) is 0 Å². The molecule has 1 heterocycles. The lowest BCUT2D eigenvalue weighted by molar-refractivity contribution is 0.0887. The first-order valence-corrected chi connectivity index (χ1v) is 5.07. The van der Waals surface area contributed by atoms with Gasteiger partial charge in [0.05, 0.1) is 13.2 Å². The average molecular weight is 197 g/mol. The zero-order chi connectivity index (χ0) is 10.4. The van der Waals surface area contributed by atoms with Gasteiger partial charge < -0.3 is 14.4 Å². The lowest BCUT2D eigenvalue weighted by atomic mass is 10.4. The van der Waals surface area contributed by atoms with Gasteiger partial charge in [-0.25, -0.2) is 0 Å². The van der Waals surface area contributed by atoms with Crippen molar-refractivity contribution in [1.29, 1.82) is 0 Å². The Bertz CT molecular complexity index is 249. The zero-order valence-corrected chi connectivity index (χ0v) is 8.99. The molecule has 80 valence electrons. The molecule has 0 saturated heterocycles. The van der Waals surface area contributed by atoms with Gasteiger partial charge in [-0.3, -0.25) is 0 Å². The van der Waals surface area contributed by atoms with Crippen molar-refractivity contribution in [2.45, 2.75) is 26.8 Å². The average Bonchev–Trinajstić information content (AvgIpc) is 2.48. The molecule has 0 amide bonds. The number of nitrogens with zero attached hydrogens (tertiary/aromatic N) is 1. The molecule has 1 rings (SSSR count). The summed E-state index contributed by atoms with van der Waals surface area (Å²) in [6, 6.07) is 4.26. The molecule has 0 unspecified atom stereocenters. The van der Waals surface area contributed by atoms with Crippen LogP contribution in [0.5, 0.6) is 0 Å². The molecule has 1 N–H and O–H groups in total. The Kier molecular flexibility index (Phi) is 4.70. The molecule has 0 spiro atoms. The van der Waals surface area contributed by atoms with Crippen LogP contribution in [0.1, 0.15) is 17.8 Å². The topological polar surface area (TPSA) is 34.4 Å². The first-order chi connectivity index (χ1) is 6.75. The SMILES string of the molecule is Cc1ccc(C)n1CCCOCCO. The minimum atomic E-state index is 0.113. The van der Waals surface area contributed by atoms with Crippen LogP contribution >= 0.6 is 0 Å². The zero-order valence-electron chi connectivity index (χ0n) is 8.99. The second kappa shape index (κ2) is 5.83. The minimum absolute atomic E-state index is 0.113. The number of aliphatic hydroxyl groups excluding tert-OH is 1. The molecule has 0 bridgehead atoms. The van der Waals surface area contributed by atoms with E-state index in [0.717, 1.165) is 19.6 Å². The van der Waals surface area contributed by atoms with Crippen molar-refractivity contribution in [1.82, 2.24) is 4.57 Å². The van der Waals surface area contributed by atoms with E-state index in [-0.39, 0.29) is 6.61 Å². The second-order valence-electron chi connectivity index (χ2n) is 3.46. The quantitative estimate of drug-likeness (QED) is 0.701. The highest BCUT2D eigenvalue weighted by Crippen LogP contribution is 2.07. The van der Waals surface area contributed by atoms with Crippen LogP contribution in [-0.2, 0) is 11.3 Å². The molecular formula is C11H19NO2. The van der Waals surface area contributed by atoms with Crippen molar-refractivity contribution in [3.05, 3.63) is 23.5 Å². The third-order valence-electron chi connectivity index (χ3n) is 2.32. The maximum absolute atomic E-state index is 8.51. The van der Waals surface area contributed by atoms with Gasteiger partial charge in [-0.1, -0.05) is 0 Å². The van der Waals surface area contributed by atoms with E-state index in [2.05, 4.69) is 30.5 Å². The summed E-state index contributed by atoms with van der Waals surface area (Å²) in [5.74, 6) is 0. The maximum atomic E-state index is 8.51. The number of ether oxygens (including phenoxy) is 1. The van der Waals surface area contributed by atoms with Gasteiger partial charge >= 0.3 is 0 Å². The maximum Gasteiger partial charge on any atom is 0.0697 e. The minimum Gasteiger partial charge on any atom is -0.394 e. The molecule has 0 aromatic carbocycles. The Morgan fingerprint density at radius 1 is 1.21 bits per heavy atom. The highest BCUT2D eigenvalue weighted by atomic mass is 16.5. The van der Waals surface area contributed by atoms with Crippen molar-refractivity contribution >= 4 is 0 Å². The van der Waals surface area contributed by atoms with Crippen molar-refractivity contribution in [2.24, 2.45) is 0 Å². The fourth-order valence-electron chi connectivity index (χ4n) is 1.54. The van der Waals surface area contributed by atoms with Gasteiger partial charge in [-0.2, -0.15) is 0 Å².